The molecule has 1 saturated heterocycles. The fraction of sp³-hybridized carbons (Fsp3) is 0.600. The standard InChI is InChI=1S/C15H23N7O/c1-11(2)22-10-18-20-14(22)9-21-7-4-12(13(23)8-21)19-15-16-5-3-6-17-15/h3,5-6,10-13,23H,4,7-9H2,1-2H3,(H,16,17,19)/t12-,13-/m1/s1. The number of anilines is 1. The van der Waals surface area contributed by atoms with Gasteiger partial charge in [-0.25, -0.2) is 9.97 Å². The maximum Gasteiger partial charge on any atom is 0.222 e. The highest BCUT2D eigenvalue weighted by molar-refractivity contribution is 5.25. The molecule has 0 bridgehead atoms. The zero-order chi connectivity index (χ0) is 16.2. The molecule has 1 aliphatic heterocycles. The number of nitrogens with one attached hydrogen (secondary N) is 1. The number of piperidine rings is 1. The zero-order valence-corrected chi connectivity index (χ0v) is 13.5. The molecule has 1 fully saturated rings. The first-order valence-electron chi connectivity index (χ1n) is 7.96. The van der Waals surface area contributed by atoms with Crippen molar-refractivity contribution in [3.05, 3.63) is 30.6 Å². The summed E-state index contributed by atoms with van der Waals surface area (Å²) in [5.74, 6) is 1.49. The molecule has 0 radical (unpaired) electrons. The number of hydrogen-bond donors (Lipinski definition) is 2. The van der Waals surface area contributed by atoms with Gasteiger partial charge in [0.2, 0.25) is 5.95 Å². The van der Waals surface area contributed by atoms with Crippen molar-refractivity contribution in [1.29, 1.82) is 0 Å². The molecule has 124 valence electrons. The average Bonchev–Trinajstić information content (AvgIpc) is 2.99. The van der Waals surface area contributed by atoms with Crippen LogP contribution in [0.25, 0.3) is 0 Å². The van der Waals surface area contributed by atoms with Crippen molar-refractivity contribution in [3.63, 3.8) is 0 Å². The SMILES string of the molecule is CC(C)n1cnnc1CN1CC[C@@H](Nc2ncccn2)[C@H](O)C1. The van der Waals surface area contributed by atoms with Crippen LogP contribution < -0.4 is 5.32 Å². The van der Waals surface area contributed by atoms with Gasteiger partial charge < -0.3 is 15.0 Å². The molecule has 23 heavy (non-hydrogen) atoms. The quantitative estimate of drug-likeness (QED) is 0.838. The fourth-order valence-corrected chi connectivity index (χ4v) is 2.86. The Balaban J connectivity index is 1.57. The van der Waals surface area contributed by atoms with E-state index >= 15 is 0 Å². The van der Waals surface area contributed by atoms with Gasteiger partial charge in [0.05, 0.1) is 18.7 Å². The number of aliphatic hydroxyl groups excluding tert-OH is 1. The van der Waals surface area contributed by atoms with Crippen LogP contribution in [-0.4, -0.2) is 60.0 Å². The second-order valence-electron chi connectivity index (χ2n) is 6.16. The zero-order valence-electron chi connectivity index (χ0n) is 13.5. The van der Waals surface area contributed by atoms with Crippen molar-refractivity contribution in [2.24, 2.45) is 0 Å². The van der Waals surface area contributed by atoms with Gasteiger partial charge in [-0.3, -0.25) is 4.90 Å². The largest absolute Gasteiger partial charge is 0.390 e. The summed E-state index contributed by atoms with van der Waals surface area (Å²) >= 11 is 0. The Bertz CT molecular complexity index is 615. The molecule has 3 rings (SSSR count). The van der Waals surface area contributed by atoms with E-state index in [4.69, 9.17) is 0 Å². The first-order chi connectivity index (χ1) is 11.1. The fourth-order valence-electron chi connectivity index (χ4n) is 2.86. The second-order valence-corrected chi connectivity index (χ2v) is 6.16. The molecule has 3 heterocycles. The van der Waals surface area contributed by atoms with Gasteiger partial charge in [-0.1, -0.05) is 0 Å². The van der Waals surface area contributed by atoms with E-state index in [1.807, 2.05) is 0 Å². The van der Waals surface area contributed by atoms with E-state index in [9.17, 15) is 5.11 Å². The molecule has 0 amide bonds. The number of likely N-dealkylation sites (tertiary alicyclic amines) is 1. The molecule has 2 aromatic heterocycles. The van der Waals surface area contributed by atoms with E-state index in [1.165, 1.54) is 0 Å². The number of β-amino-alcohol motifs (C(OH)–C–C–N with tert-alkyl or cyclic N) is 1. The molecular formula is C15H23N7O. The molecule has 0 unspecified atom stereocenters. The summed E-state index contributed by atoms with van der Waals surface area (Å²) in [7, 11) is 0. The number of aromatic nitrogens is 5. The molecule has 2 N–H and O–H groups in total. The summed E-state index contributed by atoms with van der Waals surface area (Å²) in [4.78, 5) is 10.5. The van der Waals surface area contributed by atoms with Gasteiger partial charge in [-0.2, -0.15) is 0 Å². The molecule has 0 aromatic carbocycles. The van der Waals surface area contributed by atoms with Crippen molar-refractivity contribution in [2.75, 3.05) is 18.4 Å². The molecule has 8 heteroatoms. The molecule has 2 atom stereocenters. The Labute approximate surface area is 135 Å². The number of rotatable bonds is 5. The van der Waals surface area contributed by atoms with E-state index in [-0.39, 0.29) is 6.04 Å². The van der Waals surface area contributed by atoms with Crippen molar-refractivity contribution < 1.29 is 5.11 Å². The Kier molecular flexibility index (Phi) is 4.82. The van der Waals surface area contributed by atoms with Gasteiger partial charge >= 0.3 is 0 Å². The number of hydrogen-bond acceptors (Lipinski definition) is 7. The molecule has 0 spiro atoms. The van der Waals surface area contributed by atoms with Crippen LogP contribution in [0.5, 0.6) is 0 Å². The Morgan fingerprint density at radius 2 is 2.13 bits per heavy atom. The van der Waals surface area contributed by atoms with Gasteiger partial charge in [0.25, 0.3) is 0 Å². The van der Waals surface area contributed by atoms with Crippen molar-refractivity contribution in [3.8, 4) is 0 Å². The minimum absolute atomic E-state index is 0.0309. The summed E-state index contributed by atoms with van der Waals surface area (Å²) in [6.45, 7) is 6.39. The lowest BCUT2D eigenvalue weighted by atomic mass is 10.0. The summed E-state index contributed by atoms with van der Waals surface area (Å²) in [6.07, 6.45) is 5.50. The maximum absolute atomic E-state index is 10.4. The highest BCUT2D eigenvalue weighted by Crippen LogP contribution is 2.17. The molecular weight excluding hydrogens is 294 g/mol. The van der Waals surface area contributed by atoms with Gasteiger partial charge in [0, 0.05) is 31.5 Å². The van der Waals surface area contributed by atoms with E-state index in [0.717, 1.165) is 18.8 Å². The lowest BCUT2D eigenvalue weighted by Crippen LogP contribution is -2.49. The van der Waals surface area contributed by atoms with Gasteiger partial charge in [0.1, 0.15) is 12.2 Å². The third kappa shape index (κ3) is 3.83. The summed E-state index contributed by atoms with van der Waals surface area (Å²) < 4.78 is 2.06. The molecule has 8 nitrogen and oxygen atoms in total. The number of aliphatic hydroxyl groups is 1. The van der Waals surface area contributed by atoms with Crippen molar-refractivity contribution in [2.45, 2.75) is 45.0 Å². The van der Waals surface area contributed by atoms with Crippen LogP contribution in [0.15, 0.2) is 24.8 Å². The van der Waals surface area contributed by atoms with E-state index in [1.54, 1.807) is 24.8 Å². The maximum atomic E-state index is 10.4. The van der Waals surface area contributed by atoms with Crippen LogP contribution in [0.1, 0.15) is 32.1 Å². The van der Waals surface area contributed by atoms with Gasteiger partial charge in [-0.05, 0) is 26.3 Å². The van der Waals surface area contributed by atoms with E-state index in [2.05, 4.69) is 48.8 Å². The highest BCUT2D eigenvalue weighted by Gasteiger charge is 2.29. The van der Waals surface area contributed by atoms with Crippen LogP contribution >= 0.6 is 0 Å². The van der Waals surface area contributed by atoms with Crippen LogP contribution in [0.3, 0.4) is 0 Å². The van der Waals surface area contributed by atoms with Crippen LogP contribution in [0.2, 0.25) is 0 Å². The van der Waals surface area contributed by atoms with Crippen molar-refractivity contribution >= 4 is 5.95 Å². The van der Waals surface area contributed by atoms with Gasteiger partial charge in [0.15, 0.2) is 0 Å². The summed E-state index contributed by atoms with van der Waals surface area (Å²) in [6, 6.07) is 2.07. The average molecular weight is 317 g/mol. The smallest absolute Gasteiger partial charge is 0.222 e. The predicted molar refractivity (Wildman–Crippen MR) is 85.8 cm³/mol. The first kappa shape index (κ1) is 15.8. The summed E-state index contributed by atoms with van der Waals surface area (Å²) in [5.41, 5.74) is 0. The molecule has 2 aromatic rings. The monoisotopic (exact) mass is 317 g/mol. The predicted octanol–water partition coefficient (Wildman–Crippen LogP) is 0.696. The second kappa shape index (κ2) is 7.01. The Morgan fingerprint density at radius 3 is 2.83 bits per heavy atom. The Hall–Kier alpha value is -2.06. The van der Waals surface area contributed by atoms with Crippen molar-refractivity contribution in [1.82, 2.24) is 29.6 Å². The minimum Gasteiger partial charge on any atom is -0.390 e. The molecule has 0 aliphatic carbocycles. The topological polar surface area (TPSA) is 92.0 Å². The van der Waals surface area contributed by atoms with Crippen LogP contribution in [-0.2, 0) is 6.54 Å². The van der Waals surface area contributed by atoms with Crippen LogP contribution in [0, 0.1) is 0 Å². The lowest BCUT2D eigenvalue weighted by Gasteiger charge is -2.36. The minimum atomic E-state index is -0.469. The highest BCUT2D eigenvalue weighted by atomic mass is 16.3. The molecule has 0 saturated carbocycles. The van der Waals surface area contributed by atoms with Crippen LogP contribution in [0.4, 0.5) is 5.95 Å². The van der Waals surface area contributed by atoms with E-state index < -0.39 is 6.10 Å². The molecule has 1 aliphatic rings. The first-order valence-corrected chi connectivity index (χ1v) is 7.96. The van der Waals surface area contributed by atoms with Gasteiger partial charge in [-0.15, -0.1) is 10.2 Å². The van der Waals surface area contributed by atoms with E-state index in [0.29, 0.717) is 25.1 Å². The summed E-state index contributed by atoms with van der Waals surface area (Å²) in [5, 5.41) is 21.8. The third-order valence-corrected chi connectivity index (χ3v) is 4.11. The third-order valence-electron chi connectivity index (χ3n) is 4.11. The normalized spacial score (nSPS) is 22.4. The number of nitrogens with zero attached hydrogens (tertiary/aromatic N) is 6. The lowest BCUT2D eigenvalue weighted by molar-refractivity contribution is 0.0540. The Morgan fingerprint density at radius 1 is 1.35 bits per heavy atom.